The van der Waals surface area contributed by atoms with E-state index in [0.717, 1.165) is 5.57 Å². The third kappa shape index (κ3) is 3.95. The van der Waals surface area contributed by atoms with Gasteiger partial charge in [-0.3, -0.25) is 9.11 Å². The molecule has 1 aliphatic carbocycles. The lowest BCUT2D eigenvalue weighted by Crippen LogP contribution is -2.24. The molecule has 0 amide bonds. The number of hydrogen-bond donors (Lipinski definition) is 2. The van der Waals surface area contributed by atoms with Gasteiger partial charge in [-0.1, -0.05) is 54.6 Å². The fourth-order valence-electron chi connectivity index (χ4n) is 2.62. The van der Waals surface area contributed by atoms with Crippen molar-refractivity contribution in [2.24, 2.45) is 0 Å². The molecule has 0 aromatic heterocycles. The lowest BCUT2D eigenvalue weighted by Gasteiger charge is -2.24. The van der Waals surface area contributed by atoms with Crippen LogP contribution in [0.1, 0.15) is 0 Å². The third-order valence-corrected chi connectivity index (χ3v) is 8.58. The van der Waals surface area contributed by atoms with Gasteiger partial charge >= 0.3 is 0 Å². The summed E-state index contributed by atoms with van der Waals surface area (Å²) in [6.45, 7) is 0. The van der Waals surface area contributed by atoms with Crippen LogP contribution in [0.25, 0.3) is 0 Å². The SMILES string of the molecule is O=S(=O)(O)c1ccccc1P(CC1=CC=C1)c1ccccc1S(=O)(=O)O. The Labute approximate surface area is 153 Å². The maximum Gasteiger partial charge on any atom is 0.295 e. The van der Waals surface area contributed by atoms with Crippen molar-refractivity contribution >= 4 is 38.8 Å². The van der Waals surface area contributed by atoms with Crippen LogP contribution in [-0.4, -0.2) is 32.1 Å². The van der Waals surface area contributed by atoms with Crippen LogP contribution in [0.5, 0.6) is 0 Å². The minimum atomic E-state index is -4.49. The summed E-state index contributed by atoms with van der Waals surface area (Å²) in [6, 6.07) is 11.9. The number of benzene rings is 2. The Morgan fingerprint density at radius 1 is 0.769 bits per heavy atom. The Morgan fingerprint density at radius 2 is 1.19 bits per heavy atom. The van der Waals surface area contributed by atoms with Gasteiger partial charge in [0, 0.05) is 16.8 Å². The summed E-state index contributed by atoms with van der Waals surface area (Å²) < 4.78 is 66.4. The lowest BCUT2D eigenvalue weighted by molar-refractivity contribution is 0.482. The van der Waals surface area contributed by atoms with E-state index in [1.165, 1.54) is 24.3 Å². The summed E-state index contributed by atoms with van der Waals surface area (Å²) in [5, 5.41) is 0.643. The fourth-order valence-corrected chi connectivity index (χ4v) is 7.53. The van der Waals surface area contributed by atoms with E-state index in [-0.39, 0.29) is 9.79 Å². The molecule has 0 saturated carbocycles. The number of rotatable bonds is 6. The summed E-state index contributed by atoms with van der Waals surface area (Å²) in [5.74, 6) is 0. The van der Waals surface area contributed by atoms with E-state index in [9.17, 15) is 25.9 Å². The average Bonchev–Trinajstić information content (AvgIpc) is 2.52. The minimum absolute atomic E-state index is 0.264. The van der Waals surface area contributed by atoms with E-state index < -0.39 is 28.2 Å². The van der Waals surface area contributed by atoms with Gasteiger partial charge < -0.3 is 0 Å². The van der Waals surface area contributed by atoms with Gasteiger partial charge in [-0.2, -0.15) is 16.8 Å². The molecule has 2 aromatic carbocycles. The Morgan fingerprint density at radius 3 is 1.54 bits per heavy atom. The highest BCUT2D eigenvalue weighted by atomic mass is 32.2. The zero-order valence-corrected chi connectivity index (χ0v) is 15.9. The first kappa shape index (κ1) is 18.9. The first-order valence-electron chi connectivity index (χ1n) is 7.46. The van der Waals surface area contributed by atoms with E-state index in [1.807, 2.05) is 18.2 Å². The van der Waals surface area contributed by atoms with Crippen molar-refractivity contribution in [1.82, 2.24) is 0 Å². The van der Waals surface area contributed by atoms with Crippen molar-refractivity contribution in [2.45, 2.75) is 9.79 Å². The molecule has 0 spiro atoms. The van der Waals surface area contributed by atoms with Crippen LogP contribution in [0, 0.1) is 0 Å². The predicted molar refractivity (Wildman–Crippen MR) is 101 cm³/mol. The van der Waals surface area contributed by atoms with Crippen LogP contribution >= 0.6 is 7.92 Å². The highest BCUT2D eigenvalue weighted by molar-refractivity contribution is 7.88. The van der Waals surface area contributed by atoms with E-state index in [2.05, 4.69) is 0 Å². The molecule has 0 bridgehead atoms. The molecular weight excluding hydrogens is 395 g/mol. The minimum Gasteiger partial charge on any atom is -0.282 e. The monoisotopic (exact) mass is 410 g/mol. The second-order valence-corrected chi connectivity index (χ2v) is 10.5. The van der Waals surface area contributed by atoms with Crippen molar-refractivity contribution in [3.05, 3.63) is 72.3 Å². The van der Waals surface area contributed by atoms with Gasteiger partial charge in [-0.15, -0.1) is 0 Å². The standard InChI is InChI=1S/C17H15O6PS2/c18-25(19,20)16-10-3-1-8-14(16)24(12-13-6-5-7-13)15-9-2-4-11-17(15)26(21,22)23/h1-11H,12H2,(H,18,19,20)(H,21,22,23). The van der Waals surface area contributed by atoms with Crippen molar-refractivity contribution in [1.29, 1.82) is 0 Å². The van der Waals surface area contributed by atoms with Crippen LogP contribution in [0.15, 0.2) is 82.1 Å². The molecule has 136 valence electrons. The van der Waals surface area contributed by atoms with Crippen LogP contribution in [0.3, 0.4) is 0 Å². The van der Waals surface area contributed by atoms with E-state index >= 15 is 0 Å². The van der Waals surface area contributed by atoms with Gasteiger partial charge in [0.1, 0.15) is 9.79 Å². The quantitative estimate of drug-likeness (QED) is 0.558. The molecule has 0 radical (unpaired) electrons. The Hall–Kier alpha value is -1.83. The van der Waals surface area contributed by atoms with Gasteiger partial charge in [0.25, 0.3) is 20.2 Å². The van der Waals surface area contributed by atoms with Gasteiger partial charge in [0.2, 0.25) is 0 Å². The van der Waals surface area contributed by atoms with Gasteiger partial charge in [0.15, 0.2) is 0 Å². The largest absolute Gasteiger partial charge is 0.295 e. The zero-order chi connectivity index (χ0) is 18.9. The summed E-state index contributed by atoms with van der Waals surface area (Å²) in [6.07, 6.45) is 5.90. The second-order valence-electron chi connectivity index (χ2n) is 5.57. The maximum absolute atomic E-state index is 11.8. The fraction of sp³-hybridized carbons (Fsp3) is 0.0588. The van der Waals surface area contributed by atoms with Crippen LogP contribution in [0.4, 0.5) is 0 Å². The first-order valence-corrected chi connectivity index (χ1v) is 11.9. The molecule has 9 heteroatoms. The number of allylic oxidation sites excluding steroid dienone is 4. The summed E-state index contributed by atoms with van der Waals surface area (Å²) in [7, 11) is -10.5. The molecule has 0 aliphatic heterocycles. The molecular formula is C17H15O6PS2. The summed E-state index contributed by atoms with van der Waals surface area (Å²) in [5.41, 5.74) is 0.923. The zero-order valence-electron chi connectivity index (χ0n) is 13.3. The molecule has 0 fully saturated rings. The normalized spacial score (nSPS) is 14.2. The van der Waals surface area contributed by atoms with Crippen molar-refractivity contribution in [3.8, 4) is 0 Å². The molecule has 2 aromatic rings. The van der Waals surface area contributed by atoms with Crippen LogP contribution < -0.4 is 10.6 Å². The maximum atomic E-state index is 11.8. The smallest absolute Gasteiger partial charge is 0.282 e. The van der Waals surface area contributed by atoms with Gasteiger partial charge in [-0.25, -0.2) is 0 Å². The van der Waals surface area contributed by atoms with E-state index in [1.54, 1.807) is 24.3 Å². The van der Waals surface area contributed by atoms with Crippen LogP contribution in [0.2, 0.25) is 0 Å². The van der Waals surface area contributed by atoms with E-state index in [0.29, 0.717) is 16.8 Å². The Balaban J connectivity index is 2.25. The highest BCUT2D eigenvalue weighted by Crippen LogP contribution is 2.41. The lowest BCUT2D eigenvalue weighted by atomic mass is 10.1. The molecule has 2 N–H and O–H groups in total. The third-order valence-electron chi connectivity index (χ3n) is 3.83. The predicted octanol–water partition coefficient (Wildman–Crippen LogP) is 2.11. The molecule has 1 aliphatic rings. The molecule has 0 atom stereocenters. The second kappa shape index (κ2) is 7.06. The molecule has 0 saturated heterocycles. The molecule has 0 unspecified atom stereocenters. The van der Waals surface area contributed by atoms with Crippen molar-refractivity contribution in [2.75, 3.05) is 6.16 Å². The summed E-state index contributed by atoms with van der Waals surface area (Å²) >= 11 is 0. The topological polar surface area (TPSA) is 109 Å². The van der Waals surface area contributed by atoms with Gasteiger partial charge in [-0.05, 0) is 25.6 Å². The Bertz CT molecular complexity index is 1040. The summed E-state index contributed by atoms with van der Waals surface area (Å²) in [4.78, 5) is -0.527. The van der Waals surface area contributed by atoms with Gasteiger partial charge in [0.05, 0.1) is 0 Å². The molecule has 26 heavy (non-hydrogen) atoms. The van der Waals surface area contributed by atoms with E-state index in [4.69, 9.17) is 0 Å². The first-order chi connectivity index (χ1) is 12.2. The molecule has 0 heterocycles. The molecule has 3 rings (SSSR count). The average molecular weight is 410 g/mol. The van der Waals surface area contributed by atoms with Crippen LogP contribution in [-0.2, 0) is 20.2 Å². The van der Waals surface area contributed by atoms with Crippen molar-refractivity contribution < 1.29 is 25.9 Å². The molecule has 6 nitrogen and oxygen atoms in total. The Kier molecular flexibility index (Phi) is 5.14. The number of hydrogen-bond acceptors (Lipinski definition) is 4. The highest BCUT2D eigenvalue weighted by Gasteiger charge is 2.28. The van der Waals surface area contributed by atoms with Crippen molar-refractivity contribution in [3.63, 3.8) is 0 Å².